The molecule has 9 heteroatoms. The number of halogens is 2. The molecule has 0 aliphatic carbocycles. The minimum absolute atomic E-state index is 0.113. The number of para-hydroxylation sites is 1. The number of benzene rings is 2. The largest absolute Gasteiger partial charge is 0.480 e. The van der Waals surface area contributed by atoms with E-state index in [9.17, 15) is 9.18 Å². The Hall–Kier alpha value is -2.58. The topological polar surface area (TPSA) is 69.0 Å². The highest BCUT2D eigenvalue weighted by Gasteiger charge is 2.20. The molecule has 0 saturated heterocycles. The average Bonchev–Trinajstić information content (AvgIpc) is 3.16. The van der Waals surface area contributed by atoms with E-state index in [1.807, 2.05) is 23.6 Å². The Morgan fingerprint density at radius 2 is 1.97 bits per heavy atom. The van der Waals surface area contributed by atoms with E-state index in [1.54, 1.807) is 37.3 Å². The molecule has 0 radical (unpaired) electrons. The van der Waals surface area contributed by atoms with Crippen LogP contribution in [-0.4, -0.2) is 26.4 Å². The van der Waals surface area contributed by atoms with Gasteiger partial charge in [0.2, 0.25) is 5.91 Å². The Bertz CT molecular complexity index is 997. The summed E-state index contributed by atoms with van der Waals surface area (Å²) in [6.07, 6.45) is -0.498. The summed E-state index contributed by atoms with van der Waals surface area (Å²) in [6.45, 7) is 4.76. The van der Waals surface area contributed by atoms with Crippen molar-refractivity contribution < 1.29 is 13.9 Å². The van der Waals surface area contributed by atoms with Crippen molar-refractivity contribution in [1.82, 2.24) is 20.1 Å². The van der Waals surface area contributed by atoms with E-state index in [0.29, 0.717) is 29.1 Å². The molecular weight excluding hydrogens is 427 g/mol. The van der Waals surface area contributed by atoms with Crippen molar-refractivity contribution >= 4 is 29.3 Å². The molecule has 1 atom stereocenters. The van der Waals surface area contributed by atoms with Gasteiger partial charge in [-0.1, -0.05) is 47.6 Å². The van der Waals surface area contributed by atoms with E-state index >= 15 is 0 Å². The highest BCUT2D eigenvalue weighted by atomic mass is 35.5. The lowest BCUT2D eigenvalue weighted by molar-refractivity contribution is -0.118. The minimum atomic E-state index is -0.498. The number of carbonyl (C=O) groups is 1. The molecule has 30 heavy (non-hydrogen) atoms. The number of nitrogens with one attached hydrogen (secondary N) is 1. The number of amides is 1. The highest BCUT2D eigenvalue weighted by Crippen LogP contribution is 2.26. The van der Waals surface area contributed by atoms with Crippen LogP contribution in [0.5, 0.6) is 5.75 Å². The number of hydrogen-bond acceptors (Lipinski definition) is 5. The van der Waals surface area contributed by atoms with Crippen molar-refractivity contribution in [2.75, 3.05) is 5.75 Å². The molecule has 158 valence electrons. The van der Waals surface area contributed by atoms with Crippen LogP contribution in [0.15, 0.2) is 53.7 Å². The highest BCUT2D eigenvalue weighted by molar-refractivity contribution is 7.99. The summed E-state index contributed by atoms with van der Waals surface area (Å²) in [5, 5.41) is 12.5. The molecule has 1 amide bonds. The van der Waals surface area contributed by atoms with Gasteiger partial charge in [-0.25, -0.2) is 4.39 Å². The number of carbonyl (C=O) groups excluding carboxylic acids is 1. The summed E-state index contributed by atoms with van der Waals surface area (Å²) in [5.74, 6) is 0.391. The molecule has 0 fully saturated rings. The summed E-state index contributed by atoms with van der Waals surface area (Å²) in [6, 6.07) is 13.5. The van der Waals surface area contributed by atoms with Crippen LogP contribution in [0.2, 0.25) is 5.02 Å². The molecule has 0 aliphatic heterocycles. The van der Waals surface area contributed by atoms with Crippen molar-refractivity contribution in [1.29, 1.82) is 0 Å². The lowest BCUT2D eigenvalue weighted by Gasteiger charge is -2.16. The monoisotopic (exact) mass is 448 g/mol. The van der Waals surface area contributed by atoms with Crippen molar-refractivity contribution in [2.45, 2.75) is 38.2 Å². The van der Waals surface area contributed by atoms with E-state index in [-0.39, 0.29) is 17.4 Å². The van der Waals surface area contributed by atoms with E-state index in [2.05, 4.69) is 15.5 Å². The Balaban J connectivity index is 1.57. The second-order valence-electron chi connectivity index (χ2n) is 6.47. The van der Waals surface area contributed by atoms with Crippen molar-refractivity contribution in [2.24, 2.45) is 0 Å². The Morgan fingerprint density at radius 3 is 2.67 bits per heavy atom. The van der Waals surface area contributed by atoms with Gasteiger partial charge in [-0.3, -0.25) is 4.79 Å². The maximum Gasteiger partial charge on any atom is 0.230 e. The standard InChI is InChI=1S/C21H22ClFN4O2S/c1-3-27-20(14(2)29-18-7-5-4-6-17(18)23)25-26-21(27)30-13-19(28)24-12-15-8-10-16(22)11-9-15/h4-11,14H,3,12-13H2,1-2H3,(H,24,28). The summed E-state index contributed by atoms with van der Waals surface area (Å²) in [4.78, 5) is 12.2. The van der Waals surface area contributed by atoms with Crippen molar-refractivity contribution in [3.05, 3.63) is 70.8 Å². The molecule has 0 saturated carbocycles. The van der Waals surface area contributed by atoms with Gasteiger partial charge < -0.3 is 14.6 Å². The lowest BCUT2D eigenvalue weighted by atomic mass is 10.2. The van der Waals surface area contributed by atoms with Gasteiger partial charge in [0.15, 0.2) is 28.7 Å². The third-order valence-corrected chi connectivity index (χ3v) is 5.52. The lowest BCUT2D eigenvalue weighted by Crippen LogP contribution is -2.24. The van der Waals surface area contributed by atoms with E-state index < -0.39 is 11.9 Å². The van der Waals surface area contributed by atoms with Crippen LogP contribution < -0.4 is 10.1 Å². The first kappa shape index (κ1) is 22.1. The minimum Gasteiger partial charge on any atom is -0.480 e. The van der Waals surface area contributed by atoms with Gasteiger partial charge in [0.25, 0.3) is 0 Å². The van der Waals surface area contributed by atoms with Crippen LogP contribution >= 0.6 is 23.4 Å². The first-order chi connectivity index (χ1) is 14.5. The van der Waals surface area contributed by atoms with Crippen LogP contribution in [0.3, 0.4) is 0 Å². The fourth-order valence-corrected chi connectivity index (χ4v) is 3.74. The first-order valence-corrected chi connectivity index (χ1v) is 10.8. The Labute approximate surface area is 183 Å². The first-order valence-electron chi connectivity index (χ1n) is 9.46. The second kappa shape index (κ2) is 10.4. The summed E-state index contributed by atoms with van der Waals surface area (Å²) < 4.78 is 21.4. The molecular formula is C21H22ClFN4O2S. The number of hydrogen-bond donors (Lipinski definition) is 1. The van der Waals surface area contributed by atoms with Gasteiger partial charge in [-0.15, -0.1) is 10.2 Å². The normalized spacial score (nSPS) is 11.9. The van der Waals surface area contributed by atoms with Crippen LogP contribution in [-0.2, 0) is 17.9 Å². The third kappa shape index (κ3) is 5.73. The fourth-order valence-electron chi connectivity index (χ4n) is 2.77. The molecule has 0 bridgehead atoms. The smallest absolute Gasteiger partial charge is 0.230 e. The van der Waals surface area contributed by atoms with Gasteiger partial charge in [-0.05, 0) is 43.7 Å². The number of ether oxygens (including phenoxy) is 1. The SMILES string of the molecule is CCn1c(SCC(=O)NCc2ccc(Cl)cc2)nnc1C(C)Oc1ccccc1F. The van der Waals surface area contributed by atoms with E-state index in [4.69, 9.17) is 16.3 Å². The summed E-state index contributed by atoms with van der Waals surface area (Å²) in [7, 11) is 0. The van der Waals surface area contributed by atoms with Gasteiger partial charge in [-0.2, -0.15) is 0 Å². The Kier molecular flexibility index (Phi) is 7.70. The van der Waals surface area contributed by atoms with E-state index in [0.717, 1.165) is 5.56 Å². The molecule has 0 aliphatic rings. The molecule has 1 N–H and O–H groups in total. The summed E-state index contributed by atoms with van der Waals surface area (Å²) >= 11 is 7.16. The number of rotatable bonds is 9. The molecule has 2 aromatic carbocycles. The molecule has 1 unspecified atom stereocenters. The van der Waals surface area contributed by atoms with Crippen molar-refractivity contribution in [3.63, 3.8) is 0 Å². The molecule has 0 spiro atoms. The number of thioether (sulfide) groups is 1. The van der Waals surface area contributed by atoms with Gasteiger partial charge in [0.1, 0.15) is 0 Å². The molecule has 3 aromatic rings. The zero-order chi connectivity index (χ0) is 21.5. The van der Waals surface area contributed by atoms with Gasteiger partial charge in [0, 0.05) is 18.1 Å². The zero-order valence-electron chi connectivity index (χ0n) is 16.6. The average molecular weight is 449 g/mol. The molecule has 1 aromatic heterocycles. The van der Waals surface area contributed by atoms with Gasteiger partial charge in [0.05, 0.1) is 5.75 Å². The predicted molar refractivity (Wildman–Crippen MR) is 115 cm³/mol. The molecule has 3 rings (SSSR count). The molecule has 6 nitrogen and oxygen atoms in total. The number of aromatic nitrogens is 3. The van der Waals surface area contributed by atoms with Crippen LogP contribution in [0, 0.1) is 5.82 Å². The second-order valence-corrected chi connectivity index (χ2v) is 7.85. The molecule has 1 heterocycles. The zero-order valence-corrected chi connectivity index (χ0v) is 18.2. The maximum atomic E-state index is 13.9. The quantitative estimate of drug-likeness (QED) is 0.483. The third-order valence-electron chi connectivity index (χ3n) is 4.30. The van der Waals surface area contributed by atoms with Crippen LogP contribution in [0.1, 0.15) is 31.3 Å². The van der Waals surface area contributed by atoms with Crippen LogP contribution in [0.4, 0.5) is 4.39 Å². The van der Waals surface area contributed by atoms with E-state index in [1.165, 1.54) is 17.8 Å². The van der Waals surface area contributed by atoms with Gasteiger partial charge >= 0.3 is 0 Å². The number of nitrogens with zero attached hydrogens (tertiary/aromatic N) is 3. The maximum absolute atomic E-state index is 13.9. The van der Waals surface area contributed by atoms with Crippen molar-refractivity contribution in [3.8, 4) is 5.75 Å². The Morgan fingerprint density at radius 1 is 1.23 bits per heavy atom. The summed E-state index contributed by atoms with van der Waals surface area (Å²) in [5.41, 5.74) is 0.968. The van der Waals surface area contributed by atoms with Crippen LogP contribution in [0.25, 0.3) is 0 Å². The fraction of sp³-hybridized carbons (Fsp3) is 0.286. The predicted octanol–water partition coefficient (Wildman–Crippen LogP) is 4.64.